The molecule has 0 amide bonds. The summed E-state index contributed by atoms with van der Waals surface area (Å²) in [6.07, 6.45) is -2.77. The highest BCUT2D eigenvalue weighted by atomic mass is 35.5. The van der Waals surface area contributed by atoms with Gasteiger partial charge in [-0.25, -0.2) is 0 Å². The van der Waals surface area contributed by atoms with Gasteiger partial charge in [-0.15, -0.1) is 0 Å². The molecule has 0 aromatic heterocycles. The van der Waals surface area contributed by atoms with Crippen molar-refractivity contribution < 1.29 is 13.2 Å². The van der Waals surface area contributed by atoms with Crippen LogP contribution in [0.15, 0.2) is 48.5 Å². The second kappa shape index (κ2) is 8.54. The Hall–Kier alpha value is -1.79. The van der Waals surface area contributed by atoms with Crippen LogP contribution in [0.4, 0.5) is 18.9 Å². The number of benzene rings is 2. The molecule has 0 aliphatic rings. The summed E-state index contributed by atoms with van der Waals surface area (Å²) in [7, 11) is 0. The van der Waals surface area contributed by atoms with Crippen LogP contribution in [0.25, 0.3) is 0 Å². The van der Waals surface area contributed by atoms with Gasteiger partial charge in [-0.3, -0.25) is 0 Å². The van der Waals surface area contributed by atoms with E-state index in [0.717, 1.165) is 18.9 Å². The summed E-state index contributed by atoms with van der Waals surface area (Å²) in [6.45, 7) is 1.97. The first kappa shape index (κ1) is 19.5. The highest BCUT2D eigenvalue weighted by molar-refractivity contribution is 7.80. The summed E-state index contributed by atoms with van der Waals surface area (Å²) in [5.41, 5.74) is 0.575. The van der Waals surface area contributed by atoms with E-state index in [2.05, 4.69) is 22.8 Å². The van der Waals surface area contributed by atoms with Gasteiger partial charge in [-0.05, 0) is 55.7 Å². The predicted molar refractivity (Wildman–Crippen MR) is 100 cm³/mol. The summed E-state index contributed by atoms with van der Waals surface area (Å²) < 4.78 is 38.6. The van der Waals surface area contributed by atoms with E-state index in [0.29, 0.717) is 0 Å². The summed E-state index contributed by atoms with van der Waals surface area (Å²) in [5.74, 6) is 0. The third-order valence-corrected chi connectivity index (χ3v) is 4.17. The van der Waals surface area contributed by atoms with Crippen molar-refractivity contribution in [2.24, 2.45) is 0 Å². The first-order valence-corrected chi connectivity index (χ1v) is 8.52. The van der Waals surface area contributed by atoms with E-state index in [1.807, 2.05) is 25.1 Å². The normalized spacial score (nSPS) is 12.5. The first-order chi connectivity index (χ1) is 11.8. The number of anilines is 1. The van der Waals surface area contributed by atoms with Gasteiger partial charge in [0.2, 0.25) is 0 Å². The zero-order chi connectivity index (χ0) is 18.4. The van der Waals surface area contributed by atoms with Crippen LogP contribution in [-0.2, 0) is 12.6 Å². The monoisotopic (exact) mass is 386 g/mol. The molecule has 0 fully saturated rings. The average molecular weight is 387 g/mol. The molecule has 2 N–H and O–H groups in total. The van der Waals surface area contributed by atoms with Crippen LogP contribution in [0.5, 0.6) is 0 Å². The number of thiocarbonyl (C=S) groups is 1. The van der Waals surface area contributed by atoms with E-state index in [1.54, 1.807) is 0 Å². The average Bonchev–Trinajstić information content (AvgIpc) is 2.54. The number of nitrogens with one attached hydrogen (secondary N) is 2. The molecular formula is C18H18ClF3N2S. The fourth-order valence-electron chi connectivity index (χ4n) is 2.31. The van der Waals surface area contributed by atoms with Crippen LogP contribution < -0.4 is 10.6 Å². The van der Waals surface area contributed by atoms with Crippen LogP contribution in [0.3, 0.4) is 0 Å². The molecule has 0 aliphatic heterocycles. The fourth-order valence-corrected chi connectivity index (χ4v) is 2.85. The minimum atomic E-state index is -4.51. The van der Waals surface area contributed by atoms with Crippen molar-refractivity contribution in [2.45, 2.75) is 32.0 Å². The minimum absolute atomic E-state index is 0.0783. The maximum Gasteiger partial charge on any atom is 0.417 e. The number of aryl methyl sites for hydroxylation is 1. The van der Waals surface area contributed by atoms with Crippen molar-refractivity contribution in [2.75, 3.05) is 5.32 Å². The van der Waals surface area contributed by atoms with Crippen molar-refractivity contribution in [3.8, 4) is 0 Å². The molecule has 2 rings (SSSR count). The molecular weight excluding hydrogens is 369 g/mol. The lowest BCUT2D eigenvalue weighted by atomic mass is 10.1. The van der Waals surface area contributed by atoms with Gasteiger partial charge in [0.15, 0.2) is 5.11 Å². The van der Waals surface area contributed by atoms with Crippen molar-refractivity contribution in [1.29, 1.82) is 0 Å². The number of hydrogen-bond acceptors (Lipinski definition) is 1. The minimum Gasteiger partial charge on any atom is -0.360 e. The Labute approximate surface area is 155 Å². The van der Waals surface area contributed by atoms with Crippen LogP contribution in [0.1, 0.15) is 24.5 Å². The molecule has 0 heterocycles. The van der Waals surface area contributed by atoms with Gasteiger partial charge in [0.05, 0.1) is 10.6 Å². The van der Waals surface area contributed by atoms with Crippen molar-refractivity contribution in [1.82, 2.24) is 5.32 Å². The molecule has 0 saturated heterocycles. The van der Waals surface area contributed by atoms with Crippen molar-refractivity contribution >= 4 is 34.6 Å². The molecule has 0 spiro atoms. The number of halogens is 4. The molecule has 25 heavy (non-hydrogen) atoms. The van der Waals surface area contributed by atoms with E-state index >= 15 is 0 Å². The van der Waals surface area contributed by atoms with E-state index in [1.165, 1.54) is 17.7 Å². The number of alkyl halides is 3. The molecule has 7 heteroatoms. The maximum absolute atomic E-state index is 12.9. The third kappa shape index (κ3) is 6.21. The Bertz CT molecular complexity index is 720. The Kier molecular flexibility index (Phi) is 6.67. The van der Waals surface area contributed by atoms with Crippen molar-refractivity contribution in [3.05, 3.63) is 64.7 Å². The lowest BCUT2D eigenvalue weighted by Crippen LogP contribution is -2.36. The second-order valence-electron chi connectivity index (χ2n) is 5.72. The van der Waals surface area contributed by atoms with Crippen LogP contribution in [0, 0.1) is 0 Å². The molecule has 0 aliphatic carbocycles. The molecule has 1 unspecified atom stereocenters. The molecule has 0 saturated carbocycles. The van der Waals surface area contributed by atoms with Gasteiger partial charge in [0, 0.05) is 11.7 Å². The Morgan fingerprint density at radius 2 is 1.84 bits per heavy atom. The van der Waals surface area contributed by atoms with Gasteiger partial charge in [0.25, 0.3) is 0 Å². The van der Waals surface area contributed by atoms with Crippen molar-refractivity contribution in [3.63, 3.8) is 0 Å². The predicted octanol–water partition coefficient (Wildman–Crippen LogP) is 5.67. The smallest absolute Gasteiger partial charge is 0.360 e. The zero-order valence-electron chi connectivity index (χ0n) is 13.5. The quantitative estimate of drug-likeness (QED) is 0.648. The highest BCUT2D eigenvalue weighted by Crippen LogP contribution is 2.36. The van der Waals surface area contributed by atoms with Gasteiger partial charge >= 0.3 is 6.18 Å². The maximum atomic E-state index is 12.9. The number of hydrogen-bond donors (Lipinski definition) is 2. The summed E-state index contributed by atoms with van der Waals surface area (Å²) in [6, 6.07) is 13.7. The standard InChI is InChI=1S/C18H18ClF3N2S/c1-12(7-8-13-5-3-2-4-6-13)23-17(25)24-14-9-10-16(19)15(11-14)18(20,21)22/h2-6,9-12H,7-8H2,1H3,(H2,23,24,25). The Morgan fingerprint density at radius 3 is 2.48 bits per heavy atom. The molecule has 134 valence electrons. The van der Waals surface area contributed by atoms with Crippen LogP contribution >= 0.6 is 23.8 Å². The molecule has 2 aromatic rings. The van der Waals surface area contributed by atoms with E-state index in [9.17, 15) is 13.2 Å². The van der Waals surface area contributed by atoms with E-state index < -0.39 is 11.7 Å². The van der Waals surface area contributed by atoms with Gasteiger partial charge in [-0.2, -0.15) is 13.2 Å². The summed E-state index contributed by atoms with van der Waals surface area (Å²) in [4.78, 5) is 0. The zero-order valence-corrected chi connectivity index (χ0v) is 15.1. The van der Waals surface area contributed by atoms with Gasteiger partial charge in [0.1, 0.15) is 0 Å². The molecule has 2 nitrogen and oxygen atoms in total. The number of rotatable bonds is 5. The van der Waals surface area contributed by atoms with Gasteiger partial charge in [-0.1, -0.05) is 41.9 Å². The Morgan fingerprint density at radius 1 is 1.16 bits per heavy atom. The third-order valence-electron chi connectivity index (χ3n) is 3.62. The second-order valence-corrected chi connectivity index (χ2v) is 6.53. The summed E-state index contributed by atoms with van der Waals surface area (Å²) in [5, 5.41) is 5.78. The van der Waals surface area contributed by atoms with Crippen LogP contribution in [-0.4, -0.2) is 11.2 Å². The van der Waals surface area contributed by atoms with E-state index in [-0.39, 0.29) is 21.9 Å². The molecule has 1 atom stereocenters. The first-order valence-electron chi connectivity index (χ1n) is 7.74. The van der Waals surface area contributed by atoms with Crippen LogP contribution in [0.2, 0.25) is 5.02 Å². The topological polar surface area (TPSA) is 24.1 Å². The lowest BCUT2D eigenvalue weighted by molar-refractivity contribution is -0.137. The lowest BCUT2D eigenvalue weighted by Gasteiger charge is -2.18. The van der Waals surface area contributed by atoms with Gasteiger partial charge < -0.3 is 10.6 Å². The molecule has 2 aromatic carbocycles. The molecule has 0 radical (unpaired) electrons. The van der Waals surface area contributed by atoms with E-state index in [4.69, 9.17) is 23.8 Å². The largest absolute Gasteiger partial charge is 0.417 e. The summed E-state index contributed by atoms with van der Waals surface area (Å²) >= 11 is 10.8. The molecule has 0 bridgehead atoms. The fraction of sp³-hybridized carbons (Fsp3) is 0.278. The highest BCUT2D eigenvalue weighted by Gasteiger charge is 2.33. The SMILES string of the molecule is CC(CCc1ccccc1)NC(=S)Nc1ccc(Cl)c(C(F)(F)F)c1. The Balaban J connectivity index is 1.89.